The monoisotopic (exact) mass is 540 g/mol. The Bertz CT molecular complexity index is 1480. The van der Waals surface area contributed by atoms with Crippen molar-refractivity contribution in [2.24, 2.45) is 5.92 Å². The van der Waals surface area contributed by atoms with Crippen LogP contribution in [0.15, 0.2) is 59.5 Å². The molecule has 3 aromatic rings. The molecular weight excluding hydrogens is 511 g/mol. The lowest BCUT2D eigenvalue weighted by Crippen LogP contribution is -2.27. The Hall–Kier alpha value is -3.94. The molecule has 0 saturated carbocycles. The van der Waals surface area contributed by atoms with Crippen LogP contribution in [0.3, 0.4) is 0 Å². The van der Waals surface area contributed by atoms with E-state index in [2.05, 4.69) is 20.7 Å². The number of ether oxygens (including phenoxy) is 2. The number of carbonyl (C=O) groups is 2. The highest BCUT2D eigenvalue weighted by atomic mass is 32.2. The average Bonchev–Trinajstić information content (AvgIpc) is 2.90. The fourth-order valence-electron chi connectivity index (χ4n) is 3.99. The van der Waals surface area contributed by atoms with E-state index in [1.54, 1.807) is 30.3 Å². The zero-order valence-electron chi connectivity index (χ0n) is 21.3. The van der Waals surface area contributed by atoms with Gasteiger partial charge in [0.1, 0.15) is 5.82 Å². The maximum atomic E-state index is 14.7. The minimum atomic E-state index is -4.20. The average molecular weight is 541 g/mol. The number of methoxy groups -OCH3 is 2. The van der Waals surface area contributed by atoms with Crippen molar-refractivity contribution in [2.75, 3.05) is 25.5 Å². The van der Waals surface area contributed by atoms with Crippen LogP contribution in [-0.4, -0.2) is 41.1 Å². The number of sulfonamides is 1. The maximum Gasteiger partial charge on any atom is 0.309 e. The molecule has 0 bridgehead atoms. The van der Waals surface area contributed by atoms with Gasteiger partial charge < -0.3 is 9.47 Å². The number of anilines is 1. The minimum Gasteiger partial charge on any atom is -0.469 e. The molecule has 3 aromatic carbocycles. The lowest BCUT2D eigenvalue weighted by atomic mass is 9.98. The molecule has 0 aromatic heterocycles. The lowest BCUT2D eigenvalue weighted by molar-refractivity contribution is -0.141. The highest BCUT2D eigenvalue weighted by molar-refractivity contribution is 7.93. The van der Waals surface area contributed by atoms with Crippen LogP contribution < -0.4 is 10.0 Å². The molecule has 0 aliphatic rings. The second kappa shape index (κ2) is 12.5. The van der Waals surface area contributed by atoms with E-state index >= 15 is 0 Å². The molecule has 200 valence electrons. The smallest absolute Gasteiger partial charge is 0.309 e. The fourth-order valence-corrected chi connectivity index (χ4v) is 5.27. The van der Waals surface area contributed by atoms with E-state index in [4.69, 9.17) is 11.2 Å². The molecule has 3 rings (SSSR count). The van der Waals surface area contributed by atoms with E-state index in [1.807, 2.05) is 6.92 Å². The van der Waals surface area contributed by atoms with E-state index in [9.17, 15) is 22.4 Å². The summed E-state index contributed by atoms with van der Waals surface area (Å²) in [4.78, 5) is 22.9. The topological polar surface area (TPSA) is 111 Å². The van der Waals surface area contributed by atoms with Crippen LogP contribution in [0.25, 0.3) is 10.8 Å². The first-order valence-corrected chi connectivity index (χ1v) is 13.2. The molecular formula is C28H29FN2O6S. The van der Waals surface area contributed by atoms with E-state index in [0.29, 0.717) is 28.4 Å². The third kappa shape index (κ3) is 6.88. The molecule has 0 spiro atoms. The van der Waals surface area contributed by atoms with Gasteiger partial charge in [-0.2, -0.15) is 0 Å². The number of benzene rings is 3. The number of nitrogens with one attached hydrogen (secondary N) is 2. The third-order valence-electron chi connectivity index (χ3n) is 5.95. The van der Waals surface area contributed by atoms with Crippen LogP contribution in [0.5, 0.6) is 0 Å². The molecule has 2 atom stereocenters. The minimum absolute atomic E-state index is 0.0395. The van der Waals surface area contributed by atoms with Gasteiger partial charge in [0.2, 0.25) is 0 Å². The summed E-state index contributed by atoms with van der Waals surface area (Å²) in [6.07, 6.45) is 5.88. The first-order valence-electron chi connectivity index (χ1n) is 11.8. The number of carbonyl (C=O) groups excluding carboxylic acids is 2. The molecule has 0 aliphatic carbocycles. The van der Waals surface area contributed by atoms with E-state index in [-0.39, 0.29) is 35.3 Å². The number of hydrogen-bond donors (Lipinski definition) is 2. The van der Waals surface area contributed by atoms with Gasteiger partial charge in [0.15, 0.2) is 0 Å². The van der Waals surface area contributed by atoms with E-state index in [0.717, 1.165) is 6.07 Å². The predicted molar refractivity (Wildman–Crippen MR) is 142 cm³/mol. The van der Waals surface area contributed by atoms with Crippen LogP contribution in [0, 0.1) is 24.1 Å². The normalized spacial score (nSPS) is 12.8. The zero-order chi connectivity index (χ0) is 27.9. The van der Waals surface area contributed by atoms with Crippen LogP contribution >= 0.6 is 0 Å². The van der Waals surface area contributed by atoms with E-state index < -0.39 is 27.9 Å². The number of terminal acetylenes is 1. The lowest BCUT2D eigenvalue weighted by Gasteiger charge is -2.20. The highest BCUT2D eigenvalue weighted by Crippen LogP contribution is 2.31. The van der Waals surface area contributed by atoms with Crippen molar-refractivity contribution in [1.82, 2.24) is 5.32 Å². The Kier molecular flexibility index (Phi) is 9.45. The van der Waals surface area contributed by atoms with Gasteiger partial charge in [0.05, 0.1) is 37.3 Å². The number of halogens is 1. The molecule has 38 heavy (non-hydrogen) atoms. The van der Waals surface area contributed by atoms with Crippen molar-refractivity contribution in [3.8, 4) is 12.3 Å². The zero-order valence-corrected chi connectivity index (χ0v) is 22.1. The highest BCUT2D eigenvalue weighted by Gasteiger charge is 2.23. The van der Waals surface area contributed by atoms with Crippen LogP contribution in [0.2, 0.25) is 0 Å². The molecule has 8 nitrogen and oxygen atoms in total. The summed E-state index contributed by atoms with van der Waals surface area (Å²) in [7, 11) is -1.64. The van der Waals surface area contributed by atoms with Crippen molar-refractivity contribution in [3.63, 3.8) is 0 Å². The maximum absolute atomic E-state index is 14.7. The van der Waals surface area contributed by atoms with Crippen molar-refractivity contribution in [1.29, 1.82) is 0 Å². The molecule has 10 heteroatoms. The van der Waals surface area contributed by atoms with Crippen molar-refractivity contribution in [3.05, 3.63) is 71.5 Å². The first-order chi connectivity index (χ1) is 18.1. The Morgan fingerprint density at radius 3 is 2.34 bits per heavy atom. The molecule has 0 heterocycles. The van der Waals surface area contributed by atoms with Gasteiger partial charge in [-0.1, -0.05) is 49.2 Å². The van der Waals surface area contributed by atoms with Gasteiger partial charge in [-0.15, -0.1) is 6.42 Å². The van der Waals surface area contributed by atoms with Gasteiger partial charge >= 0.3 is 11.9 Å². The van der Waals surface area contributed by atoms with Gasteiger partial charge in [-0.25, -0.2) is 12.8 Å². The summed E-state index contributed by atoms with van der Waals surface area (Å²) in [5, 5.41) is 4.26. The first kappa shape index (κ1) is 28.6. The SMILES string of the molecule is C#C[C@H](NC[C@@H](C)CC(=O)OC)c1ccc(S(=O)(=O)Nc2ccc(CC(=O)OC)cc2F)c2ccccc12. The van der Waals surface area contributed by atoms with Gasteiger partial charge in [0.25, 0.3) is 10.0 Å². The molecule has 0 fully saturated rings. The molecule has 0 amide bonds. The predicted octanol–water partition coefficient (Wildman–Crippen LogP) is 3.96. The summed E-state index contributed by atoms with van der Waals surface area (Å²) in [5.74, 6) is 0.961. The Balaban J connectivity index is 1.90. The molecule has 0 unspecified atom stereocenters. The van der Waals surface area contributed by atoms with Crippen LogP contribution in [-0.2, 0) is 35.5 Å². The van der Waals surface area contributed by atoms with Crippen molar-refractivity contribution < 1.29 is 31.9 Å². The number of hydrogen-bond acceptors (Lipinski definition) is 7. The Labute approximate surface area is 221 Å². The number of rotatable bonds is 11. The van der Waals surface area contributed by atoms with Crippen LogP contribution in [0.4, 0.5) is 10.1 Å². The van der Waals surface area contributed by atoms with Crippen LogP contribution in [0.1, 0.15) is 30.5 Å². The molecule has 2 N–H and O–H groups in total. The van der Waals surface area contributed by atoms with E-state index in [1.165, 1.54) is 32.4 Å². The Morgan fingerprint density at radius 2 is 1.71 bits per heavy atom. The van der Waals surface area contributed by atoms with Crippen molar-refractivity contribution in [2.45, 2.75) is 30.7 Å². The summed E-state index contributed by atoms with van der Waals surface area (Å²) in [6, 6.07) is 13.2. The van der Waals surface area contributed by atoms with Crippen molar-refractivity contribution >= 4 is 38.4 Å². The summed E-state index contributed by atoms with van der Waals surface area (Å²) in [5.41, 5.74) is 0.779. The quantitative estimate of drug-likeness (QED) is 0.280. The number of esters is 2. The second-order valence-electron chi connectivity index (χ2n) is 8.76. The fraction of sp³-hybridized carbons (Fsp3) is 0.286. The standard InChI is InChI=1S/C28H29FN2O6S/c1-5-24(30-17-18(2)14-27(32)36-3)21-11-13-26(22-9-7-6-8-20(21)22)38(34,35)31-25-12-10-19(15-23(25)29)16-28(33)37-4/h1,6-13,15,18,24,30-31H,14,16-17H2,2-4H3/t18-,24-/m0/s1. The second-order valence-corrected chi connectivity index (χ2v) is 10.4. The van der Waals surface area contributed by atoms with Gasteiger partial charge in [-0.3, -0.25) is 19.6 Å². The largest absolute Gasteiger partial charge is 0.469 e. The summed E-state index contributed by atoms with van der Waals surface area (Å²) in [6.45, 7) is 2.32. The molecule has 0 aliphatic heterocycles. The third-order valence-corrected chi connectivity index (χ3v) is 7.38. The molecule has 0 radical (unpaired) electrons. The molecule has 0 saturated heterocycles. The Morgan fingerprint density at radius 1 is 1.03 bits per heavy atom. The van der Waals surface area contributed by atoms with Gasteiger partial charge in [0, 0.05) is 11.8 Å². The van der Waals surface area contributed by atoms with Gasteiger partial charge in [-0.05, 0) is 47.2 Å². The summed E-state index contributed by atoms with van der Waals surface area (Å²) >= 11 is 0. The summed E-state index contributed by atoms with van der Waals surface area (Å²) < 4.78 is 52.9. The number of fused-ring (bicyclic) bond motifs is 1.